The zero-order valence-corrected chi connectivity index (χ0v) is 24.3. The van der Waals surface area contributed by atoms with Gasteiger partial charge in [-0.25, -0.2) is 4.98 Å². The summed E-state index contributed by atoms with van der Waals surface area (Å²) in [6, 6.07) is 31.9. The third-order valence-corrected chi connectivity index (χ3v) is 8.97. The van der Waals surface area contributed by atoms with Crippen LogP contribution in [-0.2, 0) is 4.79 Å². The van der Waals surface area contributed by atoms with Gasteiger partial charge in [0.05, 0.1) is 5.70 Å². The van der Waals surface area contributed by atoms with Crippen LogP contribution in [0.25, 0.3) is 28.3 Å². The van der Waals surface area contributed by atoms with Crippen molar-refractivity contribution in [3.63, 3.8) is 0 Å². The van der Waals surface area contributed by atoms with Crippen molar-refractivity contribution in [2.45, 2.75) is 39.5 Å². The first-order valence-corrected chi connectivity index (χ1v) is 14.8. The van der Waals surface area contributed by atoms with E-state index >= 15 is 0 Å². The van der Waals surface area contributed by atoms with Crippen LogP contribution in [0.1, 0.15) is 59.7 Å². The lowest BCUT2D eigenvalue weighted by Gasteiger charge is -2.44. The third kappa shape index (κ3) is 3.95. The molecule has 0 bridgehead atoms. The predicted octanol–water partition coefficient (Wildman–Crippen LogP) is 8.66. The molecule has 4 aromatic carbocycles. The van der Waals surface area contributed by atoms with Crippen LogP contribution < -0.4 is 4.90 Å². The highest BCUT2D eigenvalue weighted by molar-refractivity contribution is 6.25. The molecule has 5 nitrogen and oxygen atoms in total. The van der Waals surface area contributed by atoms with E-state index in [1.165, 1.54) is 0 Å². The number of aromatic nitrogens is 1. The van der Waals surface area contributed by atoms with Gasteiger partial charge in [-0.05, 0) is 60.7 Å². The van der Waals surface area contributed by atoms with Gasteiger partial charge in [0.1, 0.15) is 5.52 Å². The van der Waals surface area contributed by atoms with E-state index in [1.54, 1.807) is 0 Å². The number of oxazole rings is 1. The van der Waals surface area contributed by atoms with Gasteiger partial charge in [0, 0.05) is 51.6 Å². The Morgan fingerprint density at radius 3 is 2.23 bits per heavy atom. The number of hydrogen-bond acceptors (Lipinski definition) is 5. The topological polar surface area (TPSA) is 63.4 Å². The zero-order valence-electron chi connectivity index (χ0n) is 24.3. The smallest absolute Gasteiger partial charge is 0.227 e. The Morgan fingerprint density at radius 1 is 0.791 bits per heavy atom. The van der Waals surface area contributed by atoms with Crippen LogP contribution in [0.5, 0.6) is 0 Å². The van der Waals surface area contributed by atoms with Gasteiger partial charge in [0.15, 0.2) is 17.1 Å². The molecule has 0 saturated carbocycles. The van der Waals surface area contributed by atoms with Gasteiger partial charge in [0.25, 0.3) is 0 Å². The van der Waals surface area contributed by atoms with Crippen molar-refractivity contribution in [3.8, 4) is 11.5 Å². The second-order valence-electron chi connectivity index (χ2n) is 12.7. The summed E-state index contributed by atoms with van der Waals surface area (Å²) in [5.41, 5.74) is 10.1. The first-order chi connectivity index (χ1) is 20.8. The van der Waals surface area contributed by atoms with Crippen LogP contribution in [0.15, 0.2) is 118 Å². The van der Waals surface area contributed by atoms with Crippen LogP contribution in [0, 0.1) is 12.3 Å². The van der Waals surface area contributed by atoms with Crippen molar-refractivity contribution in [3.05, 3.63) is 136 Å². The minimum absolute atomic E-state index is 0.0140. The number of fused-ring (bicyclic) bond motifs is 3. The number of aryl methyl sites for hydroxylation is 1. The Balaban J connectivity index is 1.34. The number of para-hydroxylation sites is 2. The highest BCUT2D eigenvalue weighted by Gasteiger charge is 2.49. The lowest BCUT2D eigenvalue weighted by atomic mass is 9.68. The Hall–Kier alpha value is -5.03. The maximum Gasteiger partial charge on any atom is 0.227 e. The molecule has 0 N–H and O–H groups in total. The van der Waals surface area contributed by atoms with Gasteiger partial charge < -0.3 is 9.32 Å². The average molecular weight is 563 g/mol. The molecule has 8 rings (SSSR count). The summed E-state index contributed by atoms with van der Waals surface area (Å²) < 4.78 is 6.02. The van der Waals surface area contributed by atoms with Crippen LogP contribution >= 0.6 is 0 Å². The summed E-state index contributed by atoms with van der Waals surface area (Å²) in [7, 11) is 0. The fourth-order valence-corrected chi connectivity index (χ4v) is 7.03. The lowest BCUT2D eigenvalue weighted by molar-refractivity contribution is -0.118. The third-order valence-electron chi connectivity index (χ3n) is 8.97. The van der Waals surface area contributed by atoms with Crippen molar-refractivity contribution >= 4 is 34.1 Å². The second-order valence-corrected chi connectivity index (χ2v) is 12.7. The molecule has 210 valence electrons. The summed E-state index contributed by atoms with van der Waals surface area (Å²) in [5, 5.41) is 0. The van der Waals surface area contributed by atoms with Gasteiger partial charge in [-0.2, -0.15) is 0 Å². The Morgan fingerprint density at radius 2 is 1.49 bits per heavy atom. The molecule has 5 heteroatoms. The van der Waals surface area contributed by atoms with Crippen molar-refractivity contribution in [1.82, 2.24) is 4.98 Å². The molecule has 43 heavy (non-hydrogen) atoms. The Bertz CT molecular complexity index is 2010. The largest absolute Gasteiger partial charge is 0.436 e. The van der Waals surface area contributed by atoms with Crippen LogP contribution in [0.4, 0.5) is 5.69 Å². The van der Waals surface area contributed by atoms with E-state index in [9.17, 15) is 9.59 Å². The normalized spacial score (nSPS) is 19.1. The van der Waals surface area contributed by atoms with E-state index in [0.29, 0.717) is 23.4 Å². The fraction of sp³-hybridized carbons (Fsp3) is 0.184. The lowest BCUT2D eigenvalue weighted by Crippen LogP contribution is -2.39. The van der Waals surface area contributed by atoms with E-state index in [4.69, 9.17) is 4.42 Å². The number of Topliss-reactive ketones (excluding diaryl/α,β-unsaturated/α-hetero) is 2. The Labute approximate surface area is 250 Å². The molecule has 3 aliphatic rings. The number of carbonyl (C=O) groups excluding carboxylic acids is 2. The van der Waals surface area contributed by atoms with Gasteiger partial charge in [-0.1, -0.05) is 80.1 Å². The standard InChI is InChI=1S/C38H30N2O3/c1-22-12-18-25(19-13-22)40-29-20-38(2,3)21-30(41)33(29)32(34-35(40)26-8-4-5-9-27(26)36(34)42)23-14-16-24(17-15-23)37-39-28-10-6-7-11-31(28)43-37/h4-19,32H,20-21H2,1-3H3. The van der Waals surface area contributed by atoms with E-state index in [2.05, 4.69) is 54.9 Å². The molecule has 0 spiro atoms. The van der Waals surface area contributed by atoms with Crippen molar-refractivity contribution in [2.75, 3.05) is 4.90 Å². The Kier molecular flexibility index (Phi) is 5.51. The number of anilines is 1. The number of carbonyl (C=O) groups is 2. The monoisotopic (exact) mass is 562 g/mol. The molecule has 0 fully saturated rings. The number of nitrogens with zero attached hydrogens (tertiary/aromatic N) is 2. The molecule has 2 aliphatic carbocycles. The van der Waals surface area contributed by atoms with Crippen LogP contribution in [0.2, 0.25) is 0 Å². The van der Waals surface area contributed by atoms with Crippen LogP contribution in [0.3, 0.4) is 0 Å². The van der Waals surface area contributed by atoms with Gasteiger partial charge >= 0.3 is 0 Å². The van der Waals surface area contributed by atoms with E-state index in [1.807, 2.05) is 72.8 Å². The van der Waals surface area contributed by atoms with Gasteiger partial charge in [-0.3, -0.25) is 9.59 Å². The summed E-state index contributed by atoms with van der Waals surface area (Å²) >= 11 is 0. The van der Waals surface area contributed by atoms with E-state index in [-0.39, 0.29) is 17.0 Å². The van der Waals surface area contributed by atoms with Crippen LogP contribution in [-0.4, -0.2) is 16.6 Å². The molecule has 2 heterocycles. The minimum Gasteiger partial charge on any atom is -0.436 e. The second kappa shape index (κ2) is 9.23. The quantitative estimate of drug-likeness (QED) is 0.220. The summed E-state index contributed by atoms with van der Waals surface area (Å²) in [6.45, 7) is 6.38. The SMILES string of the molecule is Cc1ccc(N2C3=C(C(=O)CC(C)(C)C3)C(c3ccc(-c4nc5ccccc5o4)cc3)C3=C2c2ccccc2C3=O)cc1. The van der Waals surface area contributed by atoms with E-state index < -0.39 is 5.92 Å². The predicted molar refractivity (Wildman–Crippen MR) is 169 cm³/mol. The average Bonchev–Trinajstić information content (AvgIpc) is 3.56. The number of benzene rings is 4. The summed E-state index contributed by atoms with van der Waals surface area (Å²) in [5.74, 6) is 0.168. The van der Waals surface area contributed by atoms with Crippen molar-refractivity contribution < 1.29 is 14.0 Å². The molecule has 0 amide bonds. The minimum atomic E-state index is -0.465. The van der Waals surface area contributed by atoms with E-state index in [0.717, 1.165) is 62.4 Å². The molecule has 1 aliphatic heterocycles. The first-order valence-electron chi connectivity index (χ1n) is 14.8. The fourth-order valence-electron chi connectivity index (χ4n) is 7.03. The van der Waals surface area contributed by atoms with Crippen molar-refractivity contribution in [2.24, 2.45) is 5.41 Å². The maximum absolute atomic E-state index is 14.3. The number of ketones is 2. The molecule has 1 atom stereocenters. The van der Waals surface area contributed by atoms with Gasteiger partial charge in [-0.15, -0.1) is 0 Å². The maximum atomic E-state index is 14.3. The first kappa shape index (κ1) is 25.7. The zero-order chi connectivity index (χ0) is 29.5. The molecule has 5 aromatic rings. The molecule has 0 radical (unpaired) electrons. The number of rotatable bonds is 3. The highest BCUT2D eigenvalue weighted by atomic mass is 16.3. The number of allylic oxidation sites excluding steroid dienone is 3. The molecule has 1 aromatic heterocycles. The molecule has 0 saturated heterocycles. The van der Waals surface area contributed by atoms with Crippen molar-refractivity contribution in [1.29, 1.82) is 0 Å². The summed E-state index contributed by atoms with van der Waals surface area (Å²) in [4.78, 5) is 35.3. The summed E-state index contributed by atoms with van der Waals surface area (Å²) in [6.07, 6.45) is 1.17. The molecular formula is C38H30N2O3. The highest BCUT2D eigenvalue weighted by Crippen LogP contribution is 2.56. The number of hydrogen-bond donors (Lipinski definition) is 0. The molecule has 1 unspecified atom stereocenters. The van der Waals surface area contributed by atoms with Gasteiger partial charge in [0.2, 0.25) is 5.89 Å². The molecular weight excluding hydrogens is 532 g/mol.